The first-order valence-corrected chi connectivity index (χ1v) is 7.46. The van der Waals surface area contributed by atoms with Crippen LogP contribution in [0.4, 0.5) is 0 Å². The minimum Gasteiger partial charge on any atom is -0.393 e. The van der Waals surface area contributed by atoms with Crippen LogP contribution >= 0.6 is 0 Å². The van der Waals surface area contributed by atoms with Crippen molar-refractivity contribution in [2.24, 2.45) is 11.3 Å². The predicted octanol–water partition coefficient (Wildman–Crippen LogP) is 2.57. The predicted molar refractivity (Wildman–Crippen MR) is 72.2 cm³/mol. The van der Waals surface area contributed by atoms with E-state index in [2.05, 4.69) is 11.8 Å². The maximum absolute atomic E-state index is 12.6. The van der Waals surface area contributed by atoms with Gasteiger partial charge in [0.05, 0.1) is 6.10 Å². The molecule has 3 heteroatoms. The second kappa shape index (κ2) is 5.20. The number of amides is 1. The lowest BCUT2D eigenvalue weighted by molar-refractivity contribution is -0.143. The van der Waals surface area contributed by atoms with Crippen LogP contribution < -0.4 is 0 Å². The van der Waals surface area contributed by atoms with E-state index in [4.69, 9.17) is 0 Å². The number of aliphatic hydroxyl groups is 1. The molecule has 0 aromatic rings. The van der Waals surface area contributed by atoms with Crippen LogP contribution in [-0.4, -0.2) is 34.6 Å². The molecule has 18 heavy (non-hydrogen) atoms. The van der Waals surface area contributed by atoms with E-state index in [1.807, 2.05) is 13.8 Å². The Morgan fingerprint density at radius 1 is 1.28 bits per heavy atom. The summed E-state index contributed by atoms with van der Waals surface area (Å²) < 4.78 is 0. The van der Waals surface area contributed by atoms with Crippen LogP contribution in [0.5, 0.6) is 0 Å². The van der Waals surface area contributed by atoms with Gasteiger partial charge >= 0.3 is 0 Å². The fraction of sp³-hybridized carbons (Fsp3) is 0.933. The highest BCUT2D eigenvalue weighted by atomic mass is 16.3. The van der Waals surface area contributed by atoms with Gasteiger partial charge in [-0.05, 0) is 32.1 Å². The molecular weight excluding hydrogens is 226 g/mol. The summed E-state index contributed by atoms with van der Waals surface area (Å²) >= 11 is 0. The van der Waals surface area contributed by atoms with E-state index in [1.165, 1.54) is 0 Å². The van der Waals surface area contributed by atoms with Crippen LogP contribution in [0.1, 0.15) is 59.3 Å². The molecular formula is C15H27NO2. The third-order valence-electron chi connectivity index (χ3n) is 5.05. The van der Waals surface area contributed by atoms with Crippen molar-refractivity contribution in [2.75, 3.05) is 6.54 Å². The second-order valence-corrected chi connectivity index (χ2v) is 6.61. The number of carbonyl (C=O) groups excluding carboxylic acids is 1. The summed E-state index contributed by atoms with van der Waals surface area (Å²) in [6.45, 7) is 7.04. The zero-order chi connectivity index (χ0) is 13.3. The first-order valence-electron chi connectivity index (χ1n) is 7.46. The first kappa shape index (κ1) is 13.9. The van der Waals surface area contributed by atoms with E-state index in [0.717, 1.165) is 45.1 Å². The maximum Gasteiger partial charge on any atom is 0.228 e. The van der Waals surface area contributed by atoms with Crippen molar-refractivity contribution in [3.05, 3.63) is 0 Å². The number of aliphatic hydroxyl groups excluding tert-OH is 1. The molecule has 0 bridgehead atoms. The molecule has 0 aromatic carbocycles. The van der Waals surface area contributed by atoms with Crippen LogP contribution in [0, 0.1) is 11.3 Å². The van der Waals surface area contributed by atoms with Crippen LogP contribution in [0.2, 0.25) is 0 Å². The summed E-state index contributed by atoms with van der Waals surface area (Å²) in [6, 6.07) is 0.292. The minimum absolute atomic E-state index is 0.187. The smallest absolute Gasteiger partial charge is 0.228 e. The number of carbonyl (C=O) groups is 1. The SMILES string of the molecule is CCC(C)(C)C(=O)N1CCCC1C1CCCC1O. The summed E-state index contributed by atoms with van der Waals surface area (Å²) in [5, 5.41) is 10.1. The van der Waals surface area contributed by atoms with Crippen molar-refractivity contribution in [1.29, 1.82) is 0 Å². The average Bonchev–Trinajstić information content (AvgIpc) is 2.95. The van der Waals surface area contributed by atoms with Gasteiger partial charge in [-0.15, -0.1) is 0 Å². The van der Waals surface area contributed by atoms with Crippen LogP contribution in [0.15, 0.2) is 0 Å². The fourth-order valence-corrected chi connectivity index (χ4v) is 3.45. The van der Waals surface area contributed by atoms with Crippen molar-refractivity contribution < 1.29 is 9.90 Å². The van der Waals surface area contributed by atoms with Gasteiger partial charge in [-0.2, -0.15) is 0 Å². The van der Waals surface area contributed by atoms with E-state index in [0.29, 0.717) is 12.0 Å². The number of rotatable bonds is 3. The zero-order valence-electron chi connectivity index (χ0n) is 12.0. The van der Waals surface area contributed by atoms with Gasteiger partial charge in [-0.3, -0.25) is 4.79 Å². The van der Waals surface area contributed by atoms with Crippen molar-refractivity contribution in [1.82, 2.24) is 4.90 Å². The van der Waals surface area contributed by atoms with Gasteiger partial charge in [-0.25, -0.2) is 0 Å². The molecule has 0 aromatic heterocycles. The summed E-state index contributed by atoms with van der Waals surface area (Å²) in [7, 11) is 0. The summed E-state index contributed by atoms with van der Waals surface area (Å²) in [5.74, 6) is 0.607. The lowest BCUT2D eigenvalue weighted by Crippen LogP contribution is -2.47. The van der Waals surface area contributed by atoms with Gasteiger partial charge in [0, 0.05) is 23.9 Å². The number of hydrogen-bond donors (Lipinski definition) is 1. The highest BCUT2D eigenvalue weighted by Crippen LogP contribution is 2.38. The first-order chi connectivity index (χ1) is 8.47. The van der Waals surface area contributed by atoms with E-state index >= 15 is 0 Å². The van der Waals surface area contributed by atoms with Crippen LogP contribution in [-0.2, 0) is 4.79 Å². The number of likely N-dealkylation sites (tertiary alicyclic amines) is 1. The molecule has 3 atom stereocenters. The molecule has 2 fully saturated rings. The third-order valence-corrected chi connectivity index (χ3v) is 5.05. The average molecular weight is 253 g/mol. The van der Waals surface area contributed by atoms with E-state index in [9.17, 15) is 9.90 Å². The topological polar surface area (TPSA) is 40.5 Å². The summed E-state index contributed by atoms with van der Waals surface area (Å²) in [5.41, 5.74) is -0.258. The molecule has 0 radical (unpaired) electrons. The molecule has 104 valence electrons. The normalized spacial score (nSPS) is 33.1. The lowest BCUT2D eigenvalue weighted by Gasteiger charge is -2.36. The lowest BCUT2D eigenvalue weighted by atomic mass is 9.86. The Kier molecular flexibility index (Phi) is 4.00. The van der Waals surface area contributed by atoms with Gasteiger partial charge < -0.3 is 10.0 Å². The highest BCUT2D eigenvalue weighted by molar-refractivity contribution is 5.82. The summed E-state index contributed by atoms with van der Waals surface area (Å²) in [6.07, 6.45) is 5.98. The molecule has 1 aliphatic carbocycles. The standard InChI is InChI=1S/C15H27NO2/c1-4-15(2,3)14(18)16-10-6-8-12(16)11-7-5-9-13(11)17/h11-13,17H,4-10H2,1-3H3. The molecule has 0 spiro atoms. The molecule has 2 aliphatic rings. The Hall–Kier alpha value is -0.570. The number of nitrogens with zero attached hydrogens (tertiary/aromatic N) is 1. The largest absolute Gasteiger partial charge is 0.393 e. The Morgan fingerprint density at radius 2 is 2.00 bits per heavy atom. The van der Waals surface area contributed by atoms with Crippen molar-refractivity contribution in [3.63, 3.8) is 0 Å². The van der Waals surface area contributed by atoms with Crippen molar-refractivity contribution >= 4 is 5.91 Å². The molecule has 3 nitrogen and oxygen atoms in total. The van der Waals surface area contributed by atoms with Gasteiger partial charge in [0.2, 0.25) is 5.91 Å². The third kappa shape index (κ3) is 2.42. The molecule has 1 amide bonds. The Balaban J connectivity index is 2.10. The van der Waals surface area contributed by atoms with E-state index in [1.54, 1.807) is 0 Å². The molecule has 2 rings (SSSR count). The van der Waals surface area contributed by atoms with Gasteiger partial charge in [0.1, 0.15) is 0 Å². The number of hydrogen-bond acceptors (Lipinski definition) is 2. The van der Waals surface area contributed by atoms with Crippen molar-refractivity contribution in [2.45, 2.75) is 71.4 Å². The minimum atomic E-state index is -0.258. The zero-order valence-corrected chi connectivity index (χ0v) is 12.0. The van der Waals surface area contributed by atoms with Crippen LogP contribution in [0.3, 0.4) is 0 Å². The van der Waals surface area contributed by atoms with Crippen LogP contribution in [0.25, 0.3) is 0 Å². The highest BCUT2D eigenvalue weighted by Gasteiger charge is 2.43. The second-order valence-electron chi connectivity index (χ2n) is 6.61. The Morgan fingerprint density at radius 3 is 2.56 bits per heavy atom. The molecule has 1 N–H and O–H groups in total. The maximum atomic E-state index is 12.6. The van der Waals surface area contributed by atoms with Gasteiger partial charge in [-0.1, -0.05) is 27.2 Å². The van der Waals surface area contributed by atoms with Gasteiger partial charge in [0.25, 0.3) is 0 Å². The Bertz CT molecular complexity index is 314. The van der Waals surface area contributed by atoms with Crippen molar-refractivity contribution in [3.8, 4) is 0 Å². The fourth-order valence-electron chi connectivity index (χ4n) is 3.45. The molecule has 1 heterocycles. The summed E-state index contributed by atoms with van der Waals surface area (Å²) in [4.78, 5) is 14.7. The quantitative estimate of drug-likeness (QED) is 0.840. The monoisotopic (exact) mass is 253 g/mol. The molecule has 1 saturated carbocycles. The molecule has 1 saturated heterocycles. The van der Waals surface area contributed by atoms with E-state index in [-0.39, 0.29) is 17.4 Å². The molecule has 1 aliphatic heterocycles. The molecule has 3 unspecified atom stereocenters. The van der Waals surface area contributed by atoms with Gasteiger partial charge in [0.15, 0.2) is 0 Å². The van der Waals surface area contributed by atoms with E-state index < -0.39 is 0 Å². The Labute approximate surface area is 111 Å².